The lowest BCUT2D eigenvalue weighted by atomic mass is 9.85. The van der Waals surface area contributed by atoms with Gasteiger partial charge in [-0.15, -0.1) is 0 Å². The topological polar surface area (TPSA) is 38.7 Å². The van der Waals surface area contributed by atoms with Crippen molar-refractivity contribution in [2.75, 3.05) is 40.3 Å². The van der Waals surface area contributed by atoms with Crippen LogP contribution >= 0.6 is 0 Å². The Morgan fingerprint density at radius 2 is 2.00 bits per heavy atom. The number of likely N-dealkylation sites (tertiary alicyclic amines) is 1. The molecule has 2 aliphatic heterocycles. The largest absolute Gasteiger partial charge is 0.394 e. The smallest absolute Gasteiger partial charge is 0.0615 e. The van der Waals surface area contributed by atoms with Crippen LogP contribution in [0.3, 0.4) is 0 Å². The van der Waals surface area contributed by atoms with Gasteiger partial charge in [0.15, 0.2) is 0 Å². The molecule has 4 atom stereocenters. The maximum atomic E-state index is 9.81. The summed E-state index contributed by atoms with van der Waals surface area (Å²) < 4.78 is 0. The van der Waals surface area contributed by atoms with Crippen LogP contribution in [0.1, 0.15) is 44.9 Å². The van der Waals surface area contributed by atoms with Gasteiger partial charge in [-0.05, 0) is 71.6 Å². The lowest BCUT2D eigenvalue weighted by Gasteiger charge is -2.35. The van der Waals surface area contributed by atoms with E-state index in [0.29, 0.717) is 12.5 Å². The zero-order valence-corrected chi connectivity index (χ0v) is 13.9. The van der Waals surface area contributed by atoms with Gasteiger partial charge >= 0.3 is 0 Å². The van der Waals surface area contributed by atoms with Gasteiger partial charge < -0.3 is 15.3 Å². The zero-order chi connectivity index (χ0) is 14.9. The van der Waals surface area contributed by atoms with E-state index in [-0.39, 0.29) is 5.54 Å². The summed E-state index contributed by atoms with van der Waals surface area (Å²) in [7, 11) is 4.34. The number of nitrogens with zero attached hydrogens (tertiary/aromatic N) is 2. The maximum Gasteiger partial charge on any atom is 0.0615 e. The van der Waals surface area contributed by atoms with E-state index in [1.165, 1.54) is 58.2 Å². The molecule has 4 heteroatoms. The highest BCUT2D eigenvalue weighted by Gasteiger charge is 2.41. The van der Waals surface area contributed by atoms with Crippen LogP contribution in [-0.2, 0) is 0 Å². The van der Waals surface area contributed by atoms with Crippen LogP contribution in [0, 0.1) is 5.92 Å². The number of fused-ring (bicyclic) bond motifs is 2. The minimum absolute atomic E-state index is 0.00163. The molecule has 1 aliphatic carbocycles. The lowest BCUT2D eigenvalue weighted by molar-refractivity contribution is 0.116. The van der Waals surface area contributed by atoms with E-state index in [1.54, 1.807) is 0 Å². The number of aliphatic hydroxyl groups is 1. The van der Waals surface area contributed by atoms with Gasteiger partial charge in [-0.2, -0.15) is 0 Å². The van der Waals surface area contributed by atoms with Gasteiger partial charge in [-0.1, -0.05) is 6.42 Å². The van der Waals surface area contributed by atoms with Gasteiger partial charge in [0.25, 0.3) is 0 Å². The molecular formula is C17H33N3O. The Morgan fingerprint density at radius 1 is 1.19 bits per heavy atom. The molecule has 2 heterocycles. The molecule has 3 aliphatic rings. The Bertz CT molecular complexity index is 345. The first-order valence-corrected chi connectivity index (χ1v) is 8.92. The van der Waals surface area contributed by atoms with Gasteiger partial charge in [-0.25, -0.2) is 0 Å². The van der Waals surface area contributed by atoms with Crippen molar-refractivity contribution in [3.05, 3.63) is 0 Å². The summed E-state index contributed by atoms with van der Waals surface area (Å²) in [6, 6.07) is 1.62. The molecule has 4 unspecified atom stereocenters. The second-order valence-electron chi connectivity index (χ2n) is 7.58. The molecule has 0 radical (unpaired) electrons. The van der Waals surface area contributed by atoms with Crippen molar-refractivity contribution in [3.63, 3.8) is 0 Å². The van der Waals surface area contributed by atoms with E-state index < -0.39 is 0 Å². The highest BCUT2D eigenvalue weighted by Crippen LogP contribution is 2.38. The monoisotopic (exact) mass is 295 g/mol. The predicted octanol–water partition coefficient (Wildman–Crippen LogP) is 1.30. The third kappa shape index (κ3) is 3.00. The summed E-state index contributed by atoms with van der Waals surface area (Å²) in [4.78, 5) is 5.32. The molecule has 0 amide bonds. The molecule has 4 nitrogen and oxygen atoms in total. The Kier molecular flexibility index (Phi) is 4.89. The van der Waals surface area contributed by atoms with Crippen molar-refractivity contribution in [3.8, 4) is 0 Å². The summed E-state index contributed by atoms with van der Waals surface area (Å²) in [5, 5.41) is 13.2. The van der Waals surface area contributed by atoms with E-state index in [2.05, 4.69) is 22.2 Å². The second kappa shape index (κ2) is 6.53. The average molecular weight is 295 g/mol. The molecule has 0 aromatic rings. The van der Waals surface area contributed by atoms with Gasteiger partial charge in [0.2, 0.25) is 0 Å². The summed E-state index contributed by atoms with van der Waals surface area (Å²) in [5.74, 6) is 0.644. The number of nitrogens with one attached hydrogen (secondary N) is 1. The molecule has 3 fully saturated rings. The van der Waals surface area contributed by atoms with E-state index >= 15 is 0 Å². The van der Waals surface area contributed by atoms with Gasteiger partial charge in [-0.3, -0.25) is 4.90 Å². The molecule has 2 saturated heterocycles. The molecule has 3 rings (SSSR count). The van der Waals surface area contributed by atoms with Crippen molar-refractivity contribution < 1.29 is 5.11 Å². The van der Waals surface area contributed by atoms with Crippen LogP contribution in [0.5, 0.6) is 0 Å². The number of likely N-dealkylation sites (N-methyl/N-ethyl adjacent to an activating group) is 2. The van der Waals surface area contributed by atoms with Crippen molar-refractivity contribution in [2.24, 2.45) is 5.92 Å². The first-order chi connectivity index (χ1) is 10.2. The number of hydrogen-bond acceptors (Lipinski definition) is 4. The first kappa shape index (κ1) is 15.7. The van der Waals surface area contributed by atoms with Gasteiger partial charge in [0.05, 0.1) is 6.61 Å². The molecule has 2 N–H and O–H groups in total. The number of rotatable bonds is 5. The summed E-state index contributed by atoms with van der Waals surface area (Å²) in [6.45, 7) is 4.03. The average Bonchev–Trinajstić information content (AvgIpc) is 3.00. The van der Waals surface area contributed by atoms with Gasteiger partial charge in [0, 0.05) is 24.2 Å². The molecule has 0 spiro atoms. The second-order valence-corrected chi connectivity index (χ2v) is 7.58. The normalized spacial score (nSPS) is 41.6. The lowest BCUT2D eigenvalue weighted by Crippen LogP contribution is -2.50. The molecule has 1 saturated carbocycles. The number of aliphatic hydroxyl groups excluding tert-OH is 1. The number of hydrogen-bond donors (Lipinski definition) is 2. The quantitative estimate of drug-likeness (QED) is 0.802. The third-order valence-electron chi connectivity index (χ3n) is 6.76. The fourth-order valence-electron chi connectivity index (χ4n) is 5.10. The maximum absolute atomic E-state index is 9.81. The van der Waals surface area contributed by atoms with Crippen LogP contribution in [0.25, 0.3) is 0 Å². The highest BCUT2D eigenvalue weighted by molar-refractivity contribution is 4.98. The van der Waals surface area contributed by atoms with Crippen molar-refractivity contribution in [1.29, 1.82) is 0 Å². The van der Waals surface area contributed by atoms with Crippen LogP contribution in [0.15, 0.2) is 0 Å². The molecule has 21 heavy (non-hydrogen) atoms. The minimum atomic E-state index is 0.00163. The summed E-state index contributed by atoms with van der Waals surface area (Å²) >= 11 is 0. The zero-order valence-electron chi connectivity index (χ0n) is 13.9. The Hall–Kier alpha value is -0.160. The van der Waals surface area contributed by atoms with E-state index in [0.717, 1.165) is 18.5 Å². The van der Waals surface area contributed by atoms with Crippen molar-refractivity contribution in [2.45, 2.75) is 62.6 Å². The highest BCUT2D eigenvalue weighted by atomic mass is 16.3. The fourth-order valence-corrected chi connectivity index (χ4v) is 5.10. The summed E-state index contributed by atoms with van der Waals surface area (Å²) in [6.07, 6.45) is 9.05. The predicted molar refractivity (Wildman–Crippen MR) is 86.5 cm³/mol. The van der Waals surface area contributed by atoms with Gasteiger partial charge in [0.1, 0.15) is 0 Å². The molecule has 0 aromatic heterocycles. The van der Waals surface area contributed by atoms with Crippen LogP contribution in [0.4, 0.5) is 0 Å². The SMILES string of the molecule is CNC1(CO)CCCC1CCN1CCC2CCC(C1)N2C. The van der Waals surface area contributed by atoms with E-state index in [1.807, 2.05) is 7.05 Å². The fraction of sp³-hybridized carbons (Fsp3) is 1.00. The van der Waals surface area contributed by atoms with E-state index in [9.17, 15) is 5.11 Å². The van der Waals surface area contributed by atoms with Crippen LogP contribution < -0.4 is 5.32 Å². The van der Waals surface area contributed by atoms with Crippen molar-refractivity contribution in [1.82, 2.24) is 15.1 Å². The molecule has 2 bridgehead atoms. The summed E-state index contributed by atoms with van der Waals surface area (Å²) in [5.41, 5.74) is 0.00163. The van der Waals surface area contributed by atoms with Crippen LogP contribution in [0.2, 0.25) is 0 Å². The first-order valence-electron chi connectivity index (χ1n) is 8.92. The Labute approximate surface area is 129 Å². The molecule has 122 valence electrons. The Balaban J connectivity index is 1.53. The molecular weight excluding hydrogens is 262 g/mol. The van der Waals surface area contributed by atoms with Crippen LogP contribution in [-0.4, -0.2) is 72.9 Å². The standard InChI is InChI=1S/C17H33N3O/c1-18-17(13-21)9-3-4-14(17)7-10-20-11-8-15-5-6-16(12-20)19(15)2/h14-16,18,21H,3-13H2,1-2H3. The van der Waals surface area contributed by atoms with Crippen molar-refractivity contribution >= 4 is 0 Å². The van der Waals surface area contributed by atoms with E-state index in [4.69, 9.17) is 0 Å². The molecule has 0 aromatic carbocycles. The minimum Gasteiger partial charge on any atom is -0.394 e. The Morgan fingerprint density at radius 3 is 2.76 bits per heavy atom. The third-order valence-corrected chi connectivity index (χ3v) is 6.76.